The molecule has 0 spiro atoms. The Balaban J connectivity index is 3.68. The van der Waals surface area contributed by atoms with Gasteiger partial charge in [0.25, 0.3) is 0 Å². The molecule has 0 nitrogen and oxygen atoms in total. The molecule has 0 aromatic carbocycles. The first-order valence-electron chi connectivity index (χ1n) is 4.79. The summed E-state index contributed by atoms with van der Waals surface area (Å²) < 4.78 is 0. The van der Waals surface area contributed by atoms with Crippen LogP contribution in [0.3, 0.4) is 0 Å². The van der Waals surface area contributed by atoms with Crippen molar-refractivity contribution < 1.29 is 0 Å². The molecule has 0 heteroatoms. The first-order valence-corrected chi connectivity index (χ1v) is 4.79. The van der Waals surface area contributed by atoms with E-state index >= 15 is 0 Å². The second-order valence-corrected chi connectivity index (χ2v) is 3.69. The molecular formula is C11H22. The fraction of sp³-hybridized carbons (Fsp3) is 0.818. The summed E-state index contributed by atoms with van der Waals surface area (Å²) in [6.07, 6.45) is 3.72. The van der Waals surface area contributed by atoms with E-state index in [1.165, 1.54) is 24.8 Å². The van der Waals surface area contributed by atoms with Gasteiger partial charge in [0.2, 0.25) is 0 Å². The molecule has 11 heavy (non-hydrogen) atoms. The highest BCUT2D eigenvalue weighted by atomic mass is 14.1. The Morgan fingerprint density at radius 3 is 2.09 bits per heavy atom. The highest BCUT2D eigenvalue weighted by Gasteiger charge is 2.07. The van der Waals surface area contributed by atoms with Gasteiger partial charge in [-0.3, -0.25) is 0 Å². The summed E-state index contributed by atoms with van der Waals surface area (Å²) in [5, 5.41) is 0. The molecule has 0 aliphatic rings. The van der Waals surface area contributed by atoms with Crippen LogP contribution in [0.25, 0.3) is 0 Å². The Hall–Kier alpha value is -0.260. The summed E-state index contributed by atoms with van der Waals surface area (Å²) in [7, 11) is 0. The molecular weight excluding hydrogens is 132 g/mol. The van der Waals surface area contributed by atoms with E-state index in [-0.39, 0.29) is 0 Å². The molecule has 0 saturated heterocycles. The van der Waals surface area contributed by atoms with Crippen LogP contribution >= 0.6 is 0 Å². The van der Waals surface area contributed by atoms with Crippen LogP contribution in [0.2, 0.25) is 0 Å². The molecule has 0 bridgehead atoms. The standard InChI is InChI=1S/C11H22/c1-6-9(3)8-11(5)10(4)7-2/h9-10H,5-8H2,1-4H3. The maximum Gasteiger partial charge on any atom is -0.0237 e. The number of allylic oxidation sites excluding steroid dienone is 1. The van der Waals surface area contributed by atoms with Crippen molar-refractivity contribution in [2.45, 2.75) is 47.0 Å². The van der Waals surface area contributed by atoms with Gasteiger partial charge in [0.05, 0.1) is 0 Å². The third-order valence-corrected chi connectivity index (χ3v) is 2.62. The van der Waals surface area contributed by atoms with Gasteiger partial charge in [0.15, 0.2) is 0 Å². The fourth-order valence-corrected chi connectivity index (χ4v) is 1.08. The maximum absolute atomic E-state index is 4.11. The van der Waals surface area contributed by atoms with E-state index in [1.807, 2.05) is 0 Å². The van der Waals surface area contributed by atoms with Crippen molar-refractivity contribution in [3.8, 4) is 0 Å². The average molecular weight is 154 g/mol. The van der Waals surface area contributed by atoms with E-state index in [9.17, 15) is 0 Å². The molecule has 2 unspecified atom stereocenters. The molecule has 0 saturated carbocycles. The number of hydrogen-bond donors (Lipinski definition) is 0. The molecule has 0 N–H and O–H groups in total. The second-order valence-electron chi connectivity index (χ2n) is 3.69. The molecule has 0 fully saturated rings. The van der Waals surface area contributed by atoms with Crippen LogP contribution in [0.15, 0.2) is 12.2 Å². The molecule has 66 valence electrons. The summed E-state index contributed by atoms with van der Waals surface area (Å²) >= 11 is 0. The van der Waals surface area contributed by atoms with Crippen molar-refractivity contribution in [2.24, 2.45) is 11.8 Å². The molecule has 0 aromatic heterocycles. The van der Waals surface area contributed by atoms with E-state index in [4.69, 9.17) is 0 Å². The average Bonchev–Trinajstić information content (AvgIpc) is 2.02. The van der Waals surface area contributed by atoms with Crippen LogP contribution in [0.4, 0.5) is 0 Å². The molecule has 0 aliphatic heterocycles. The van der Waals surface area contributed by atoms with Crippen molar-refractivity contribution >= 4 is 0 Å². The Bertz CT molecular complexity index is 113. The molecule has 0 aliphatic carbocycles. The van der Waals surface area contributed by atoms with Crippen molar-refractivity contribution in [1.29, 1.82) is 0 Å². The summed E-state index contributed by atoms with van der Waals surface area (Å²) in [4.78, 5) is 0. The van der Waals surface area contributed by atoms with Gasteiger partial charge in [0.1, 0.15) is 0 Å². The minimum Gasteiger partial charge on any atom is -0.0996 e. The van der Waals surface area contributed by atoms with Crippen molar-refractivity contribution in [1.82, 2.24) is 0 Å². The van der Waals surface area contributed by atoms with Crippen molar-refractivity contribution in [3.63, 3.8) is 0 Å². The van der Waals surface area contributed by atoms with Crippen molar-refractivity contribution in [3.05, 3.63) is 12.2 Å². The Morgan fingerprint density at radius 1 is 1.18 bits per heavy atom. The fourth-order valence-electron chi connectivity index (χ4n) is 1.08. The first kappa shape index (κ1) is 10.7. The number of hydrogen-bond acceptors (Lipinski definition) is 0. The lowest BCUT2D eigenvalue weighted by Crippen LogP contribution is -2.01. The molecule has 2 atom stereocenters. The minimum atomic E-state index is 0.712. The highest BCUT2D eigenvalue weighted by molar-refractivity contribution is 4.99. The zero-order valence-electron chi connectivity index (χ0n) is 8.48. The largest absolute Gasteiger partial charge is 0.0996 e. The molecule has 0 amide bonds. The summed E-state index contributed by atoms with van der Waals surface area (Å²) in [6.45, 7) is 13.2. The van der Waals surface area contributed by atoms with Gasteiger partial charge in [0, 0.05) is 0 Å². The van der Waals surface area contributed by atoms with Gasteiger partial charge in [-0.05, 0) is 24.7 Å². The predicted molar refractivity (Wildman–Crippen MR) is 52.7 cm³/mol. The maximum atomic E-state index is 4.11. The van der Waals surface area contributed by atoms with Gasteiger partial charge < -0.3 is 0 Å². The smallest absolute Gasteiger partial charge is 0.0237 e. The topological polar surface area (TPSA) is 0 Å². The third-order valence-electron chi connectivity index (χ3n) is 2.62. The Kier molecular flexibility index (Phi) is 5.27. The zero-order valence-corrected chi connectivity index (χ0v) is 8.48. The van der Waals surface area contributed by atoms with Crippen LogP contribution in [-0.4, -0.2) is 0 Å². The molecule has 0 aromatic rings. The predicted octanol–water partition coefficient (Wildman–Crippen LogP) is 4.02. The van der Waals surface area contributed by atoms with E-state index in [0.29, 0.717) is 5.92 Å². The summed E-state index contributed by atoms with van der Waals surface area (Å²) in [5.41, 5.74) is 1.43. The van der Waals surface area contributed by atoms with Gasteiger partial charge in [-0.15, -0.1) is 0 Å². The van der Waals surface area contributed by atoms with Crippen LogP contribution < -0.4 is 0 Å². The molecule has 0 radical (unpaired) electrons. The third kappa shape index (κ3) is 4.23. The SMILES string of the molecule is C=C(CC(C)CC)C(C)CC. The highest BCUT2D eigenvalue weighted by Crippen LogP contribution is 2.21. The zero-order chi connectivity index (χ0) is 8.85. The van der Waals surface area contributed by atoms with Crippen LogP contribution in [0.1, 0.15) is 47.0 Å². The van der Waals surface area contributed by atoms with Crippen molar-refractivity contribution in [2.75, 3.05) is 0 Å². The Morgan fingerprint density at radius 2 is 1.73 bits per heavy atom. The van der Waals surface area contributed by atoms with Crippen LogP contribution in [0.5, 0.6) is 0 Å². The molecule has 0 rings (SSSR count). The van der Waals surface area contributed by atoms with Gasteiger partial charge in [-0.2, -0.15) is 0 Å². The quantitative estimate of drug-likeness (QED) is 0.524. The lowest BCUT2D eigenvalue weighted by Gasteiger charge is -2.15. The normalized spacial score (nSPS) is 16.0. The van der Waals surface area contributed by atoms with E-state index < -0.39 is 0 Å². The lowest BCUT2D eigenvalue weighted by atomic mass is 9.91. The summed E-state index contributed by atoms with van der Waals surface area (Å²) in [5.74, 6) is 1.53. The van der Waals surface area contributed by atoms with Gasteiger partial charge in [-0.25, -0.2) is 0 Å². The summed E-state index contributed by atoms with van der Waals surface area (Å²) in [6, 6.07) is 0. The first-order chi connectivity index (χ1) is 5.11. The molecule has 0 heterocycles. The van der Waals surface area contributed by atoms with Gasteiger partial charge in [-0.1, -0.05) is 46.3 Å². The lowest BCUT2D eigenvalue weighted by molar-refractivity contribution is 0.510. The van der Waals surface area contributed by atoms with Crippen LogP contribution in [0, 0.1) is 11.8 Å². The monoisotopic (exact) mass is 154 g/mol. The van der Waals surface area contributed by atoms with E-state index in [1.54, 1.807) is 0 Å². The van der Waals surface area contributed by atoms with E-state index in [2.05, 4.69) is 34.3 Å². The second kappa shape index (κ2) is 5.40. The van der Waals surface area contributed by atoms with Gasteiger partial charge >= 0.3 is 0 Å². The number of rotatable bonds is 5. The minimum absolute atomic E-state index is 0.712. The van der Waals surface area contributed by atoms with E-state index in [0.717, 1.165) is 5.92 Å². The Labute approximate surface area is 71.7 Å². The van der Waals surface area contributed by atoms with Crippen LogP contribution in [-0.2, 0) is 0 Å².